The van der Waals surface area contributed by atoms with Gasteiger partial charge in [0.1, 0.15) is 6.54 Å². The molecule has 4 nitrogen and oxygen atoms in total. The molecule has 118 valence electrons. The molecule has 1 aliphatic rings. The van der Waals surface area contributed by atoms with Crippen LogP contribution in [0.2, 0.25) is 0 Å². The van der Waals surface area contributed by atoms with Gasteiger partial charge in [0.25, 0.3) is 0 Å². The highest BCUT2D eigenvalue weighted by Gasteiger charge is 2.35. The minimum Gasteiger partial charge on any atom is -0.382 e. The molecule has 0 saturated carbocycles. The highest BCUT2D eigenvalue weighted by molar-refractivity contribution is 5.82. The quantitative estimate of drug-likeness (QED) is 0.730. The topological polar surface area (TPSA) is 41.6 Å². The maximum atomic E-state index is 12.6. The van der Waals surface area contributed by atoms with Crippen molar-refractivity contribution < 1.29 is 22.7 Å². The number of hydrogen-bond donors (Lipinski definition) is 1. The van der Waals surface area contributed by atoms with Gasteiger partial charge in [0.15, 0.2) is 0 Å². The van der Waals surface area contributed by atoms with Crippen molar-refractivity contribution in [1.82, 2.24) is 10.2 Å². The van der Waals surface area contributed by atoms with Crippen molar-refractivity contribution in [3.63, 3.8) is 0 Å². The lowest BCUT2D eigenvalue weighted by atomic mass is 10.0. The molecule has 0 aromatic heterocycles. The average molecular weight is 296 g/mol. The Morgan fingerprint density at radius 1 is 1.40 bits per heavy atom. The van der Waals surface area contributed by atoms with Gasteiger partial charge in [-0.2, -0.15) is 13.2 Å². The molecule has 1 atom stereocenters. The van der Waals surface area contributed by atoms with Crippen LogP contribution in [0.15, 0.2) is 0 Å². The van der Waals surface area contributed by atoms with Crippen LogP contribution in [-0.2, 0) is 9.53 Å². The van der Waals surface area contributed by atoms with Gasteiger partial charge in [-0.25, -0.2) is 0 Å². The summed E-state index contributed by atoms with van der Waals surface area (Å²) in [5, 5.41) is 3.00. The van der Waals surface area contributed by atoms with E-state index in [-0.39, 0.29) is 6.54 Å². The van der Waals surface area contributed by atoms with Crippen LogP contribution in [0.4, 0.5) is 13.2 Å². The lowest BCUT2D eigenvalue weighted by molar-refractivity contribution is -0.163. The van der Waals surface area contributed by atoms with Crippen LogP contribution in [0.1, 0.15) is 32.6 Å². The minimum absolute atomic E-state index is 0.0799. The number of nitrogens with one attached hydrogen (secondary N) is 1. The smallest absolute Gasteiger partial charge is 0.382 e. The van der Waals surface area contributed by atoms with Gasteiger partial charge in [-0.1, -0.05) is 6.42 Å². The standard InChI is InChI=1S/C13H23F3N2O2/c1-2-20-9-5-8-18(10-13(14,15)16)12(19)11-6-3-4-7-17-11/h11,17H,2-10H2,1H3/t11-/m0/s1. The van der Waals surface area contributed by atoms with E-state index in [0.717, 1.165) is 17.7 Å². The van der Waals surface area contributed by atoms with Gasteiger partial charge in [0, 0.05) is 19.8 Å². The molecular weight excluding hydrogens is 273 g/mol. The summed E-state index contributed by atoms with van der Waals surface area (Å²) in [6, 6.07) is -0.474. The zero-order valence-corrected chi connectivity index (χ0v) is 11.8. The molecule has 1 saturated heterocycles. The Kier molecular flexibility index (Phi) is 7.29. The highest BCUT2D eigenvalue weighted by Crippen LogP contribution is 2.19. The monoisotopic (exact) mass is 296 g/mol. The summed E-state index contributed by atoms with van der Waals surface area (Å²) in [6.45, 7) is 2.31. The van der Waals surface area contributed by atoms with E-state index in [0.29, 0.717) is 32.6 Å². The number of halogens is 3. The molecule has 1 heterocycles. The van der Waals surface area contributed by atoms with Crippen molar-refractivity contribution in [1.29, 1.82) is 0 Å². The molecular formula is C13H23F3N2O2. The number of ether oxygens (including phenoxy) is 1. The molecule has 0 aliphatic carbocycles. The number of carbonyl (C=O) groups excluding carboxylic acids is 1. The second kappa shape index (κ2) is 8.46. The van der Waals surface area contributed by atoms with Crippen molar-refractivity contribution in [2.45, 2.75) is 44.8 Å². The van der Waals surface area contributed by atoms with E-state index in [2.05, 4.69) is 5.32 Å². The summed E-state index contributed by atoms with van der Waals surface area (Å²) in [5.74, 6) is -0.446. The Balaban J connectivity index is 2.52. The number of alkyl halides is 3. The van der Waals surface area contributed by atoms with Gasteiger partial charge in [0.05, 0.1) is 6.04 Å². The first-order chi connectivity index (χ1) is 9.44. The lowest BCUT2D eigenvalue weighted by Crippen LogP contribution is -2.51. The fourth-order valence-corrected chi connectivity index (χ4v) is 2.27. The second-order valence-electron chi connectivity index (χ2n) is 4.93. The fourth-order valence-electron chi connectivity index (χ4n) is 2.27. The van der Waals surface area contributed by atoms with Crippen molar-refractivity contribution >= 4 is 5.91 Å². The van der Waals surface area contributed by atoms with Crippen molar-refractivity contribution in [3.05, 3.63) is 0 Å². The van der Waals surface area contributed by atoms with Crippen molar-refractivity contribution in [3.8, 4) is 0 Å². The van der Waals surface area contributed by atoms with Gasteiger partial charge in [-0.3, -0.25) is 4.79 Å². The SMILES string of the molecule is CCOCCCN(CC(F)(F)F)C(=O)[C@@H]1CCCCN1. The van der Waals surface area contributed by atoms with Crippen LogP contribution in [0.3, 0.4) is 0 Å². The summed E-state index contributed by atoms with van der Waals surface area (Å²) < 4.78 is 42.8. The Labute approximate surface area is 117 Å². The van der Waals surface area contributed by atoms with Crippen LogP contribution in [0, 0.1) is 0 Å². The molecule has 1 fully saturated rings. The van der Waals surface area contributed by atoms with Gasteiger partial charge in [0.2, 0.25) is 5.91 Å². The maximum Gasteiger partial charge on any atom is 0.406 e. The zero-order chi connectivity index (χ0) is 15.0. The number of rotatable bonds is 7. The van der Waals surface area contributed by atoms with Crippen molar-refractivity contribution in [2.75, 3.05) is 32.8 Å². The van der Waals surface area contributed by atoms with E-state index in [1.54, 1.807) is 0 Å². The van der Waals surface area contributed by atoms with Crippen LogP contribution in [0.5, 0.6) is 0 Å². The summed E-state index contributed by atoms with van der Waals surface area (Å²) in [6.07, 6.45) is -1.49. The molecule has 1 N–H and O–H groups in total. The molecule has 1 amide bonds. The summed E-state index contributed by atoms with van der Waals surface area (Å²) >= 11 is 0. The minimum atomic E-state index is -4.37. The second-order valence-corrected chi connectivity index (χ2v) is 4.93. The third kappa shape index (κ3) is 6.56. The van der Waals surface area contributed by atoms with E-state index in [9.17, 15) is 18.0 Å². The predicted molar refractivity (Wildman–Crippen MR) is 69.4 cm³/mol. The molecule has 20 heavy (non-hydrogen) atoms. The molecule has 0 aromatic rings. The van der Waals surface area contributed by atoms with Gasteiger partial charge >= 0.3 is 6.18 Å². The fraction of sp³-hybridized carbons (Fsp3) is 0.923. The largest absolute Gasteiger partial charge is 0.406 e. The van der Waals surface area contributed by atoms with E-state index in [1.165, 1.54) is 0 Å². The first-order valence-electron chi connectivity index (χ1n) is 7.10. The highest BCUT2D eigenvalue weighted by atomic mass is 19.4. The molecule has 0 radical (unpaired) electrons. The number of piperidine rings is 1. The lowest BCUT2D eigenvalue weighted by Gasteiger charge is -2.30. The molecule has 7 heteroatoms. The Morgan fingerprint density at radius 3 is 2.70 bits per heavy atom. The number of amides is 1. The van der Waals surface area contributed by atoms with E-state index >= 15 is 0 Å². The van der Waals surface area contributed by atoms with E-state index in [4.69, 9.17) is 4.74 Å². The third-order valence-electron chi connectivity index (χ3n) is 3.21. The summed E-state index contributed by atoms with van der Waals surface area (Å²) in [4.78, 5) is 13.1. The van der Waals surface area contributed by atoms with Crippen LogP contribution in [0.25, 0.3) is 0 Å². The summed E-state index contributed by atoms with van der Waals surface area (Å²) in [5.41, 5.74) is 0. The Hall–Kier alpha value is -0.820. The van der Waals surface area contributed by atoms with E-state index < -0.39 is 24.7 Å². The Morgan fingerprint density at radius 2 is 2.15 bits per heavy atom. The maximum absolute atomic E-state index is 12.6. The number of hydrogen-bond acceptors (Lipinski definition) is 3. The summed E-state index contributed by atoms with van der Waals surface area (Å²) in [7, 11) is 0. The number of carbonyl (C=O) groups is 1. The van der Waals surface area contributed by atoms with Crippen LogP contribution >= 0.6 is 0 Å². The first kappa shape index (κ1) is 17.2. The first-order valence-corrected chi connectivity index (χ1v) is 7.10. The number of nitrogens with zero attached hydrogens (tertiary/aromatic N) is 1. The van der Waals surface area contributed by atoms with Crippen LogP contribution in [-0.4, -0.2) is 55.9 Å². The van der Waals surface area contributed by atoms with Gasteiger partial charge in [-0.05, 0) is 32.7 Å². The molecule has 0 aromatic carbocycles. The van der Waals surface area contributed by atoms with Crippen molar-refractivity contribution in [2.24, 2.45) is 0 Å². The molecule has 0 bridgehead atoms. The zero-order valence-electron chi connectivity index (χ0n) is 11.8. The molecule has 1 rings (SSSR count). The van der Waals surface area contributed by atoms with E-state index in [1.807, 2.05) is 6.92 Å². The van der Waals surface area contributed by atoms with Gasteiger partial charge < -0.3 is 15.0 Å². The average Bonchev–Trinajstić information content (AvgIpc) is 2.41. The molecule has 0 unspecified atom stereocenters. The third-order valence-corrected chi connectivity index (χ3v) is 3.21. The molecule has 1 aliphatic heterocycles. The Bertz CT molecular complexity index is 292. The van der Waals surface area contributed by atoms with Crippen LogP contribution < -0.4 is 5.32 Å². The normalized spacial score (nSPS) is 19.9. The molecule has 0 spiro atoms. The van der Waals surface area contributed by atoms with Gasteiger partial charge in [-0.15, -0.1) is 0 Å². The predicted octanol–water partition coefficient (Wildman–Crippen LogP) is 1.95.